The van der Waals surface area contributed by atoms with Crippen LogP contribution in [-0.2, 0) is 4.74 Å². The first-order valence-corrected chi connectivity index (χ1v) is 6.24. The Bertz CT molecular complexity index is 318. The zero-order valence-corrected chi connectivity index (χ0v) is 10.4. The fourth-order valence-electron chi connectivity index (χ4n) is 1.99. The molecule has 1 aromatic heterocycles. The van der Waals surface area contributed by atoms with E-state index in [1.165, 1.54) is 11.3 Å². The maximum Gasteiger partial charge on any atom is 0.183 e. The second kappa shape index (κ2) is 4.49. The predicted molar refractivity (Wildman–Crippen MR) is 63.6 cm³/mol. The molecule has 0 saturated heterocycles. The van der Waals surface area contributed by atoms with Crippen molar-refractivity contribution in [3.8, 4) is 0 Å². The molecule has 1 aliphatic carbocycles. The molecule has 1 aliphatic rings. The van der Waals surface area contributed by atoms with E-state index >= 15 is 0 Å². The quantitative estimate of drug-likeness (QED) is 0.860. The third-order valence-electron chi connectivity index (χ3n) is 3.07. The molecule has 1 aromatic rings. The average molecular weight is 226 g/mol. The maximum absolute atomic E-state index is 5.35. The van der Waals surface area contributed by atoms with Gasteiger partial charge in [0.1, 0.15) is 0 Å². The van der Waals surface area contributed by atoms with E-state index < -0.39 is 0 Å². The highest BCUT2D eigenvalue weighted by Gasteiger charge is 2.24. The molecule has 0 bridgehead atoms. The SMILES string of the molecule is COC1CCC(Nc2nc(C)c(C)s2)C1. The lowest BCUT2D eigenvalue weighted by Gasteiger charge is -2.11. The summed E-state index contributed by atoms with van der Waals surface area (Å²) in [5.74, 6) is 0. The second-order valence-corrected chi connectivity index (χ2v) is 5.38. The molecule has 0 aromatic carbocycles. The van der Waals surface area contributed by atoms with Crippen LogP contribution in [0.5, 0.6) is 0 Å². The molecule has 2 rings (SSSR count). The molecule has 1 N–H and O–H groups in total. The number of hydrogen-bond acceptors (Lipinski definition) is 4. The standard InChI is InChI=1S/C11H18N2OS/c1-7-8(2)15-11(12-7)13-9-4-5-10(6-9)14-3/h9-10H,4-6H2,1-3H3,(H,12,13). The van der Waals surface area contributed by atoms with Crippen LogP contribution < -0.4 is 5.32 Å². The Morgan fingerprint density at radius 1 is 1.40 bits per heavy atom. The highest BCUT2D eigenvalue weighted by Crippen LogP contribution is 2.27. The van der Waals surface area contributed by atoms with Gasteiger partial charge in [0.2, 0.25) is 0 Å². The third kappa shape index (κ3) is 2.49. The summed E-state index contributed by atoms with van der Waals surface area (Å²) in [7, 11) is 1.80. The maximum atomic E-state index is 5.35. The normalized spacial score (nSPS) is 25.8. The first-order valence-electron chi connectivity index (χ1n) is 5.42. The van der Waals surface area contributed by atoms with Crippen molar-refractivity contribution in [1.29, 1.82) is 0 Å². The van der Waals surface area contributed by atoms with E-state index in [4.69, 9.17) is 4.74 Å². The van der Waals surface area contributed by atoms with Crippen molar-refractivity contribution in [1.82, 2.24) is 4.98 Å². The van der Waals surface area contributed by atoms with Crippen molar-refractivity contribution in [2.24, 2.45) is 0 Å². The van der Waals surface area contributed by atoms with Gasteiger partial charge in [-0.1, -0.05) is 0 Å². The van der Waals surface area contributed by atoms with E-state index in [9.17, 15) is 0 Å². The van der Waals surface area contributed by atoms with E-state index in [0.29, 0.717) is 12.1 Å². The van der Waals surface area contributed by atoms with Crippen LogP contribution >= 0.6 is 11.3 Å². The number of aryl methyl sites for hydroxylation is 2. The molecule has 4 heteroatoms. The van der Waals surface area contributed by atoms with Gasteiger partial charge in [-0.3, -0.25) is 0 Å². The van der Waals surface area contributed by atoms with E-state index in [1.54, 1.807) is 18.4 Å². The van der Waals surface area contributed by atoms with E-state index in [2.05, 4.69) is 24.1 Å². The van der Waals surface area contributed by atoms with Gasteiger partial charge in [-0.05, 0) is 33.1 Å². The fourth-order valence-corrected chi connectivity index (χ4v) is 2.89. The molecule has 1 fully saturated rings. The van der Waals surface area contributed by atoms with Gasteiger partial charge in [-0.2, -0.15) is 0 Å². The lowest BCUT2D eigenvalue weighted by Crippen LogP contribution is -2.17. The Morgan fingerprint density at radius 2 is 2.20 bits per heavy atom. The fraction of sp³-hybridized carbons (Fsp3) is 0.727. The van der Waals surface area contributed by atoms with E-state index in [-0.39, 0.29) is 0 Å². The van der Waals surface area contributed by atoms with Gasteiger partial charge in [0.15, 0.2) is 5.13 Å². The summed E-state index contributed by atoms with van der Waals surface area (Å²) in [6.45, 7) is 4.18. The number of nitrogens with one attached hydrogen (secondary N) is 1. The Balaban J connectivity index is 1.92. The number of anilines is 1. The summed E-state index contributed by atoms with van der Waals surface area (Å²) in [6, 6.07) is 0.542. The molecule has 84 valence electrons. The van der Waals surface area contributed by atoms with Crippen LogP contribution in [0.15, 0.2) is 0 Å². The van der Waals surface area contributed by atoms with Crippen molar-refractivity contribution in [2.45, 2.75) is 45.3 Å². The summed E-state index contributed by atoms with van der Waals surface area (Å²) in [6.07, 6.45) is 3.90. The monoisotopic (exact) mass is 226 g/mol. The van der Waals surface area contributed by atoms with Crippen molar-refractivity contribution in [2.75, 3.05) is 12.4 Å². The third-order valence-corrected chi connectivity index (χ3v) is 4.08. The summed E-state index contributed by atoms with van der Waals surface area (Å²) in [5.41, 5.74) is 1.14. The van der Waals surface area contributed by atoms with E-state index in [0.717, 1.165) is 23.7 Å². The Labute approximate surface area is 94.9 Å². The molecular formula is C11H18N2OS. The first kappa shape index (κ1) is 10.9. The van der Waals surface area contributed by atoms with Gasteiger partial charge in [-0.25, -0.2) is 4.98 Å². The molecule has 0 radical (unpaired) electrons. The lowest BCUT2D eigenvalue weighted by atomic mass is 10.2. The molecule has 1 heterocycles. The largest absolute Gasteiger partial charge is 0.381 e. The van der Waals surface area contributed by atoms with Crippen LogP contribution in [0.1, 0.15) is 29.8 Å². The molecule has 15 heavy (non-hydrogen) atoms. The topological polar surface area (TPSA) is 34.1 Å². The molecular weight excluding hydrogens is 208 g/mol. The van der Waals surface area contributed by atoms with Crippen LogP contribution in [-0.4, -0.2) is 24.2 Å². The van der Waals surface area contributed by atoms with Gasteiger partial charge in [0.25, 0.3) is 0 Å². The lowest BCUT2D eigenvalue weighted by molar-refractivity contribution is 0.108. The van der Waals surface area contributed by atoms with Crippen LogP contribution in [0.4, 0.5) is 5.13 Å². The molecule has 1 saturated carbocycles. The highest BCUT2D eigenvalue weighted by atomic mass is 32.1. The number of methoxy groups -OCH3 is 1. The Morgan fingerprint density at radius 3 is 2.73 bits per heavy atom. The summed E-state index contributed by atoms with van der Waals surface area (Å²) in [4.78, 5) is 5.80. The minimum absolute atomic E-state index is 0.435. The first-order chi connectivity index (χ1) is 7.19. The zero-order valence-electron chi connectivity index (χ0n) is 9.54. The van der Waals surface area contributed by atoms with Gasteiger partial charge >= 0.3 is 0 Å². The summed E-state index contributed by atoms with van der Waals surface area (Å²) >= 11 is 1.75. The molecule has 0 spiro atoms. The number of hydrogen-bond donors (Lipinski definition) is 1. The van der Waals surface area contributed by atoms with Crippen molar-refractivity contribution in [3.63, 3.8) is 0 Å². The van der Waals surface area contributed by atoms with Gasteiger partial charge in [0.05, 0.1) is 11.8 Å². The molecule has 3 nitrogen and oxygen atoms in total. The van der Waals surface area contributed by atoms with Crippen LogP contribution in [0.3, 0.4) is 0 Å². The summed E-state index contributed by atoms with van der Waals surface area (Å²) in [5, 5.41) is 4.56. The Kier molecular flexibility index (Phi) is 3.26. The van der Waals surface area contributed by atoms with Gasteiger partial charge in [0, 0.05) is 18.0 Å². The van der Waals surface area contributed by atoms with Crippen LogP contribution in [0, 0.1) is 13.8 Å². The highest BCUT2D eigenvalue weighted by molar-refractivity contribution is 7.15. The molecule has 0 amide bonds. The van der Waals surface area contributed by atoms with E-state index in [1.807, 2.05) is 0 Å². The molecule has 0 aliphatic heterocycles. The molecule has 2 atom stereocenters. The number of rotatable bonds is 3. The van der Waals surface area contributed by atoms with Gasteiger partial charge in [-0.15, -0.1) is 11.3 Å². The number of aromatic nitrogens is 1. The number of ether oxygens (including phenoxy) is 1. The minimum atomic E-state index is 0.435. The number of nitrogens with zero attached hydrogens (tertiary/aromatic N) is 1. The number of thiazole rings is 1. The van der Waals surface area contributed by atoms with Crippen molar-refractivity contribution >= 4 is 16.5 Å². The van der Waals surface area contributed by atoms with Gasteiger partial charge < -0.3 is 10.1 Å². The predicted octanol–water partition coefficient (Wildman–Crippen LogP) is 2.74. The van der Waals surface area contributed by atoms with Crippen molar-refractivity contribution in [3.05, 3.63) is 10.6 Å². The summed E-state index contributed by atoms with van der Waals surface area (Å²) < 4.78 is 5.35. The smallest absolute Gasteiger partial charge is 0.183 e. The Hall–Kier alpha value is -0.610. The van der Waals surface area contributed by atoms with Crippen molar-refractivity contribution < 1.29 is 4.74 Å². The van der Waals surface area contributed by atoms with Crippen LogP contribution in [0.25, 0.3) is 0 Å². The minimum Gasteiger partial charge on any atom is -0.381 e. The molecule has 2 unspecified atom stereocenters. The average Bonchev–Trinajstić information content (AvgIpc) is 2.76. The zero-order chi connectivity index (χ0) is 10.8. The van der Waals surface area contributed by atoms with Crippen LogP contribution in [0.2, 0.25) is 0 Å². The second-order valence-electron chi connectivity index (χ2n) is 4.17.